The number of epoxide rings is 1. The number of anilines is 1. The Labute approximate surface area is 512 Å². The van der Waals surface area contributed by atoms with Gasteiger partial charge in [0.25, 0.3) is 11.8 Å². The summed E-state index contributed by atoms with van der Waals surface area (Å²) in [5.41, 5.74) is 6.02. The van der Waals surface area contributed by atoms with Gasteiger partial charge in [0.1, 0.15) is 30.4 Å². The fraction of sp³-hybridized carbons (Fsp3) is 0.641. The van der Waals surface area contributed by atoms with Crippen molar-refractivity contribution in [1.82, 2.24) is 25.3 Å². The van der Waals surface area contributed by atoms with Crippen LogP contribution in [-0.4, -0.2) is 173 Å². The molecule has 0 aromatic heterocycles. The molecule has 4 aliphatic rings. The number of imide groups is 1. The number of amides is 8. The number of cyclic esters (lactones) is 1. The lowest BCUT2D eigenvalue weighted by Crippen LogP contribution is -2.54. The van der Waals surface area contributed by atoms with E-state index in [1.54, 1.807) is 51.1 Å². The van der Waals surface area contributed by atoms with Crippen LogP contribution in [0.5, 0.6) is 0 Å². The second-order valence-electron chi connectivity index (χ2n) is 24.1. The molecule has 0 bridgehead atoms. The van der Waals surface area contributed by atoms with Crippen molar-refractivity contribution in [2.75, 3.05) is 45.2 Å². The first-order chi connectivity index (χ1) is 41.3. The highest BCUT2D eigenvalue weighted by atomic mass is 16.6. The lowest BCUT2D eigenvalue weighted by Gasteiger charge is -2.38. The van der Waals surface area contributed by atoms with E-state index < -0.39 is 78.0 Å². The number of aliphatic hydroxyl groups is 2. The average Bonchev–Trinajstić information content (AvgIpc) is 2.97. The second kappa shape index (κ2) is 34.6. The molecule has 0 aliphatic carbocycles. The topological polar surface area (TPSA) is 315 Å². The van der Waals surface area contributed by atoms with Crippen LogP contribution in [0.15, 0.2) is 72.4 Å². The molecule has 482 valence electrons. The smallest absolute Gasteiger partial charge is 0.410 e. The van der Waals surface area contributed by atoms with Crippen LogP contribution in [0.25, 0.3) is 0 Å². The van der Waals surface area contributed by atoms with Crippen LogP contribution in [0, 0.1) is 23.7 Å². The first-order valence-electron chi connectivity index (χ1n) is 30.8. The Bertz CT molecular complexity index is 2620. The van der Waals surface area contributed by atoms with E-state index in [0.717, 1.165) is 16.9 Å². The van der Waals surface area contributed by atoms with Gasteiger partial charge in [-0.05, 0) is 106 Å². The van der Waals surface area contributed by atoms with Crippen molar-refractivity contribution in [3.05, 3.63) is 77.9 Å². The highest BCUT2D eigenvalue weighted by Gasteiger charge is 2.45. The normalized spacial score (nSPS) is 24.9. The van der Waals surface area contributed by atoms with E-state index in [-0.39, 0.29) is 131 Å². The van der Waals surface area contributed by atoms with Crippen molar-refractivity contribution in [3.8, 4) is 0 Å². The number of methoxy groups -OCH3 is 1. The summed E-state index contributed by atoms with van der Waals surface area (Å²) in [6.45, 7) is 15.9. The number of rotatable bonds is 29. The molecule has 23 nitrogen and oxygen atoms in total. The number of carbonyl (C=O) groups is 9. The fourth-order valence-electron chi connectivity index (χ4n) is 10.7. The predicted molar refractivity (Wildman–Crippen MR) is 324 cm³/mol. The van der Waals surface area contributed by atoms with Gasteiger partial charge < -0.3 is 65.4 Å². The number of piperazine rings is 1. The third-order valence-corrected chi connectivity index (χ3v) is 16.6. The summed E-state index contributed by atoms with van der Waals surface area (Å²) in [6, 6.07) is 4.58. The summed E-state index contributed by atoms with van der Waals surface area (Å²) in [6.07, 6.45) is 12.2. The number of carbonyl (C=O) groups excluding carboxylic acids is 9. The lowest BCUT2D eigenvalue weighted by molar-refractivity contribution is -0.151. The van der Waals surface area contributed by atoms with Crippen LogP contribution in [0.3, 0.4) is 0 Å². The summed E-state index contributed by atoms with van der Waals surface area (Å²) >= 11 is 0. The van der Waals surface area contributed by atoms with Crippen LogP contribution in [-0.2, 0) is 63.9 Å². The zero-order valence-electron chi connectivity index (χ0n) is 52.2. The van der Waals surface area contributed by atoms with Gasteiger partial charge >= 0.3 is 18.2 Å². The minimum atomic E-state index is -1.10. The van der Waals surface area contributed by atoms with Crippen molar-refractivity contribution < 1.29 is 77.0 Å². The van der Waals surface area contributed by atoms with Gasteiger partial charge in [0.2, 0.25) is 23.6 Å². The molecule has 12 atom stereocenters. The van der Waals surface area contributed by atoms with Crippen molar-refractivity contribution in [2.24, 2.45) is 29.4 Å². The maximum absolute atomic E-state index is 13.9. The van der Waals surface area contributed by atoms with Crippen molar-refractivity contribution in [1.29, 1.82) is 0 Å². The first kappa shape index (κ1) is 70.8. The Morgan fingerprint density at radius 3 is 2.16 bits per heavy atom. The molecule has 8 amide bonds. The highest BCUT2D eigenvalue weighted by molar-refractivity contribution is 6.12. The molecule has 0 spiro atoms. The number of nitrogens with one attached hydrogen (secondary N) is 3. The number of aliphatic hydroxyl groups excluding tert-OH is 2. The first-order valence-corrected chi connectivity index (χ1v) is 30.8. The maximum atomic E-state index is 13.9. The zero-order valence-corrected chi connectivity index (χ0v) is 52.2. The molecule has 2 saturated heterocycles. The van der Waals surface area contributed by atoms with Gasteiger partial charge in [0.05, 0.1) is 30.8 Å². The highest BCUT2D eigenvalue weighted by Crippen LogP contribution is 2.37. The van der Waals surface area contributed by atoms with Gasteiger partial charge in [-0.2, -0.15) is 0 Å². The van der Waals surface area contributed by atoms with E-state index in [1.165, 1.54) is 29.1 Å². The Morgan fingerprint density at radius 2 is 1.53 bits per heavy atom. The van der Waals surface area contributed by atoms with Crippen molar-refractivity contribution in [2.45, 2.75) is 200 Å². The predicted octanol–water partition coefficient (Wildman–Crippen LogP) is 6.30. The van der Waals surface area contributed by atoms with E-state index >= 15 is 0 Å². The minimum absolute atomic E-state index is 0.0454. The van der Waals surface area contributed by atoms with Crippen molar-refractivity contribution >= 4 is 59.3 Å². The summed E-state index contributed by atoms with van der Waals surface area (Å²) in [4.78, 5) is 120. The van der Waals surface area contributed by atoms with Gasteiger partial charge in [-0.1, -0.05) is 90.8 Å². The SMILES string of the molecule is CC[C@H](O)[C@@H](C)[C@H]1O[C@@H]1C[C@H](C)/C=C/C=C(\C)[C@H]1OC(=O)C[C@H](O)CC[C@@](C)(OC)[C@@H](OC(=O)N2CCN(C(=O)OCc3ccc(NC(=O)[C@H](CCCCC(N)=O)NC(=O)[C@@H](NC(=O)CCCCCN4C(=O)C=CC4=O)C(C)C)cc3)CC2)/C=C/[C@@H]1C. The molecular formula is C64H95N7O16. The Hall–Kier alpha value is -6.95. The number of benzene rings is 1. The largest absolute Gasteiger partial charge is 0.457 e. The number of hydrogen-bond acceptors (Lipinski definition) is 16. The van der Waals surface area contributed by atoms with Gasteiger partial charge in [-0.25, -0.2) is 9.59 Å². The number of esters is 1. The molecule has 0 radical (unpaired) electrons. The van der Waals surface area contributed by atoms with Crippen LogP contribution in [0.4, 0.5) is 15.3 Å². The quantitative estimate of drug-likeness (QED) is 0.00975. The molecule has 1 aromatic rings. The summed E-state index contributed by atoms with van der Waals surface area (Å²) in [5, 5.41) is 29.6. The Balaban J connectivity index is 1.11. The van der Waals surface area contributed by atoms with Crippen LogP contribution in [0.1, 0.15) is 144 Å². The molecule has 7 N–H and O–H groups in total. The third-order valence-electron chi connectivity index (χ3n) is 16.6. The molecule has 23 heteroatoms. The monoisotopic (exact) mass is 1220 g/mol. The number of nitrogens with two attached hydrogens (primary N) is 1. The molecule has 2 fully saturated rings. The Kier molecular flexibility index (Phi) is 28.1. The van der Waals surface area contributed by atoms with E-state index in [0.29, 0.717) is 49.8 Å². The molecule has 87 heavy (non-hydrogen) atoms. The van der Waals surface area contributed by atoms with E-state index in [4.69, 9.17) is 29.4 Å². The lowest BCUT2D eigenvalue weighted by atomic mass is 9.88. The van der Waals surface area contributed by atoms with Crippen LogP contribution >= 0.6 is 0 Å². The maximum Gasteiger partial charge on any atom is 0.410 e. The number of ether oxygens (including phenoxy) is 5. The van der Waals surface area contributed by atoms with Crippen molar-refractivity contribution in [3.63, 3.8) is 0 Å². The number of primary amides is 1. The zero-order chi connectivity index (χ0) is 64.0. The fourth-order valence-corrected chi connectivity index (χ4v) is 10.7. The van der Waals surface area contributed by atoms with Gasteiger partial charge in [0.15, 0.2) is 6.10 Å². The number of nitrogens with zero attached hydrogens (tertiary/aromatic N) is 3. The summed E-state index contributed by atoms with van der Waals surface area (Å²) < 4.78 is 29.7. The number of allylic oxidation sites excluding steroid dienone is 3. The molecule has 1 aromatic carbocycles. The standard InChI is InChI=1S/C64H95N7O16/c1-10-49(73)44(7)59-50(85-59)37-41(4)17-16-18-42(5)58-43(6)22-27-51(64(8,83-9)31-30-47(72)38-56(78)87-58)86-63(82)70-35-33-69(34-36-70)62(81)84-39-45-23-25-46(26-24-45)66-60(79)48(19-13-14-20-52(65)74)67-61(80)57(40(2)3)68-53(75)21-12-11-15-32-71-54(76)28-29-55(71)77/h16-18,22-29,40-41,43-44,47-51,57-59,72-73H,10-15,19-21,30-39H2,1-9H3,(H2,65,74)(H,66,79)(H,67,80)(H,68,75)/b17-16+,27-22+,42-18+/t41-,43+,44-,47-,48+,49+,50-,51+,57+,58-,59-,64-/m1/s1. The molecular weight excluding hydrogens is 1120 g/mol. The summed E-state index contributed by atoms with van der Waals surface area (Å²) in [5.74, 6) is -3.70. The Morgan fingerprint density at radius 1 is 0.874 bits per heavy atom. The average molecular weight is 1220 g/mol. The van der Waals surface area contributed by atoms with Gasteiger partial charge in [-0.15, -0.1) is 0 Å². The molecule has 4 heterocycles. The molecule has 5 rings (SSSR count). The van der Waals surface area contributed by atoms with Crippen LogP contribution in [0.2, 0.25) is 0 Å². The van der Waals surface area contributed by atoms with Gasteiger partial charge in [0, 0.05) is 82.4 Å². The third kappa shape index (κ3) is 22.6. The van der Waals surface area contributed by atoms with Gasteiger partial charge in [-0.3, -0.25) is 38.5 Å². The summed E-state index contributed by atoms with van der Waals surface area (Å²) in [7, 11) is 1.50. The minimum Gasteiger partial charge on any atom is -0.457 e. The van der Waals surface area contributed by atoms with Crippen LogP contribution < -0.4 is 21.7 Å². The van der Waals surface area contributed by atoms with E-state index in [9.17, 15) is 53.4 Å². The van der Waals surface area contributed by atoms with E-state index in [2.05, 4.69) is 29.0 Å². The molecule has 0 unspecified atom stereocenters. The number of hydrogen-bond donors (Lipinski definition) is 6. The number of unbranched alkanes of at least 4 members (excludes halogenated alkanes) is 3. The second-order valence-corrected chi connectivity index (χ2v) is 24.1. The molecule has 4 aliphatic heterocycles. The van der Waals surface area contributed by atoms with E-state index in [1.807, 2.05) is 45.9 Å². The molecule has 0 saturated carbocycles.